The van der Waals surface area contributed by atoms with Crippen LogP contribution in [0.3, 0.4) is 0 Å². The van der Waals surface area contributed by atoms with Crippen LogP contribution in [0.5, 0.6) is 0 Å². The van der Waals surface area contributed by atoms with Crippen LogP contribution in [-0.4, -0.2) is 10.5 Å². The monoisotopic (exact) mass is 262 g/mol. The Morgan fingerprint density at radius 3 is 2.75 bits per heavy atom. The molecule has 98 valence electrons. The second-order valence-electron chi connectivity index (χ2n) is 5.18. The highest BCUT2D eigenvalue weighted by Crippen LogP contribution is 2.26. The van der Waals surface area contributed by atoms with Gasteiger partial charge in [0.25, 0.3) is 0 Å². The van der Waals surface area contributed by atoms with Gasteiger partial charge in [-0.1, -0.05) is 36.4 Å². The summed E-state index contributed by atoms with van der Waals surface area (Å²) in [5.41, 5.74) is 4.29. The van der Waals surface area contributed by atoms with Gasteiger partial charge in [0.05, 0.1) is 11.9 Å². The van der Waals surface area contributed by atoms with E-state index in [9.17, 15) is 4.79 Å². The first-order chi connectivity index (χ1) is 9.81. The number of carbonyl (C=O) groups is 1. The van der Waals surface area contributed by atoms with Crippen molar-refractivity contribution in [3.63, 3.8) is 0 Å². The average Bonchev–Trinajstić information content (AvgIpc) is 2.86. The van der Waals surface area contributed by atoms with E-state index in [1.54, 1.807) is 0 Å². The fourth-order valence-corrected chi connectivity index (χ4v) is 2.95. The number of fused-ring (bicyclic) bond motifs is 1. The molecule has 0 atom stereocenters. The summed E-state index contributed by atoms with van der Waals surface area (Å²) in [5, 5.41) is 4.21. The lowest BCUT2D eigenvalue weighted by atomic mass is 10.1. The van der Waals surface area contributed by atoms with Gasteiger partial charge >= 0.3 is 0 Å². The fraction of sp³-hybridized carbons (Fsp3) is 0.118. The van der Waals surface area contributed by atoms with E-state index in [-0.39, 0.29) is 5.91 Å². The van der Waals surface area contributed by atoms with Crippen molar-refractivity contribution < 1.29 is 4.79 Å². The molecular weight excluding hydrogens is 248 g/mol. The van der Waals surface area contributed by atoms with Crippen molar-refractivity contribution in [1.29, 1.82) is 0 Å². The van der Waals surface area contributed by atoms with Crippen LogP contribution in [0.1, 0.15) is 11.1 Å². The number of benzene rings is 2. The number of hydrogen-bond acceptors (Lipinski definition) is 1. The third-order valence-corrected chi connectivity index (χ3v) is 3.86. The Balaban J connectivity index is 1.98. The first-order valence-electron chi connectivity index (χ1n) is 6.76. The first-order valence-corrected chi connectivity index (χ1v) is 6.76. The molecule has 1 aliphatic rings. The van der Waals surface area contributed by atoms with Gasteiger partial charge in [-0.2, -0.15) is 0 Å². The Morgan fingerprint density at radius 1 is 0.950 bits per heavy atom. The minimum absolute atomic E-state index is 0.0413. The number of rotatable bonds is 0. The summed E-state index contributed by atoms with van der Waals surface area (Å²) in [5.74, 6) is 0.0413. The maximum absolute atomic E-state index is 12.2. The summed E-state index contributed by atoms with van der Waals surface area (Å²) in [6, 6.07) is 16.2. The van der Waals surface area contributed by atoms with Gasteiger partial charge in [0.2, 0.25) is 5.91 Å². The summed E-state index contributed by atoms with van der Waals surface area (Å²) >= 11 is 0. The minimum atomic E-state index is 0.0413. The van der Waals surface area contributed by atoms with Gasteiger partial charge in [-0.15, -0.1) is 0 Å². The summed E-state index contributed by atoms with van der Waals surface area (Å²) in [6.07, 6.45) is 2.51. The number of nitrogens with zero attached hydrogens (tertiary/aromatic N) is 1. The molecule has 20 heavy (non-hydrogen) atoms. The molecule has 3 heteroatoms. The maximum Gasteiger partial charge on any atom is 0.228 e. The van der Waals surface area contributed by atoms with Crippen molar-refractivity contribution in [1.82, 2.24) is 4.57 Å². The van der Waals surface area contributed by atoms with Gasteiger partial charge in [-0.25, -0.2) is 0 Å². The van der Waals surface area contributed by atoms with Crippen LogP contribution in [0.2, 0.25) is 0 Å². The lowest BCUT2D eigenvalue weighted by Crippen LogP contribution is -2.14. The second kappa shape index (κ2) is 4.23. The van der Waals surface area contributed by atoms with Crippen LogP contribution in [0.25, 0.3) is 10.9 Å². The zero-order chi connectivity index (χ0) is 13.5. The molecule has 1 aromatic heterocycles. The molecule has 0 saturated carbocycles. The highest BCUT2D eigenvalue weighted by atomic mass is 16.1. The maximum atomic E-state index is 12.2. The highest BCUT2D eigenvalue weighted by molar-refractivity contribution is 5.96. The zero-order valence-electron chi connectivity index (χ0n) is 11.0. The van der Waals surface area contributed by atoms with Gasteiger partial charge in [-0.3, -0.25) is 4.79 Å². The van der Waals surface area contributed by atoms with E-state index in [1.165, 1.54) is 10.9 Å². The Bertz CT molecular complexity index is 817. The topological polar surface area (TPSA) is 34.0 Å². The summed E-state index contributed by atoms with van der Waals surface area (Å²) in [7, 11) is 0. The molecule has 1 N–H and O–H groups in total. The van der Waals surface area contributed by atoms with Crippen LogP contribution in [-0.2, 0) is 17.8 Å². The predicted octanol–water partition coefficient (Wildman–Crippen LogP) is 3.18. The third kappa shape index (κ3) is 1.71. The molecule has 3 aromatic rings. The normalized spacial score (nSPS) is 14.1. The summed E-state index contributed by atoms with van der Waals surface area (Å²) in [4.78, 5) is 12.2. The quantitative estimate of drug-likeness (QED) is 0.663. The minimum Gasteiger partial charge on any atom is -0.343 e. The molecule has 1 amide bonds. The molecule has 0 unspecified atom stereocenters. The van der Waals surface area contributed by atoms with E-state index >= 15 is 0 Å². The first kappa shape index (κ1) is 11.3. The lowest BCUT2D eigenvalue weighted by Gasteiger charge is -2.10. The van der Waals surface area contributed by atoms with Crippen molar-refractivity contribution in [2.75, 3.05) is 5.32 Å². The van der Waals surface area contributed by atoms with Crippen molar-refractivity contribution in [2.45, 2.75) is 13.0 Å². The fourth-order valence-electron chi connectivity index (χ4n) is 2.95. The number of para-hydroxylation sites is 2. The van der Waals surface area contributed by atoms with Crippen molar-refractivity contribution in [3.8, 4) is 0 Å². The molecule has 0 saturated heterocycles. The number of carbonyl (C=O) groups excluding carboxylic acids is 1. The number of aromatic nitrogens is 1. The van der Waals surface area contributed by atoms with Crippen LogP contribution < -0.4 is 5.32 Å². The molecule has 4 rings (SSSR count). The molecule has 0 fully saturated rings. The Labute approximate surface area is 116 Å². The largest absolute Gasteiger partial charge is 0.343 e. The highest BCUT2D eigenvalue weighted by Gasteiger charge is 2.15. The lowest BCUT2D eigenvalue weighted by molar-refractivity contribution is -0.115. The van der Waals surface area contributed by atoms with Gasteiger partial charge in [-0.05, 0) is 28.6 Å². The SMILES string of the molecule is O=C1Cc2cccc3ccn(c23)Cc2ccccc2N1. The van der Waals surface area contributed by atoms with Crippen LogP contribution in [0.15, 0.2) is 54.7 Å². The molecule has 0 aliphatic carbocycles. The molecule has 0 radical (unpaired) electrons. The smallest absolute Gasteiger partial charge is 0.228 e. The van der Waals surface area contributed by atoms with Crippen LogP contribution >= 0.6 is 0 Å². The summed E-state index contributed by atoms with van der Waals surface area (Å²) in [6.45, 7) is 0.775. The van der Waals surface area contributed by atoms with E-state index in [0.717, 1.165) is 23.4 Å². The predicted molar refractivity (Wildman–Crippen MR) is 79.8 cm³/mol. The van der Waals surface area contributed by atoms with E-state index in [0.29, 0.717) is 6.42 Å². The Kier molecular flexibility index (Phi) is 2.39. The van der Waals surface area contributed by atoms with E-state index < -0.39 is 0 Å². The molecular formula is C17H14N2O. The van der Waals surface area contributed by atoms with Gasteiger partial charge in [0.1, 0.15) is 0 Å². The number of hydrogen-bond donors (Lipinski definition) is 1. The van der Waals surface area contributed by atoms with E-state index in [1.807, 2.05) is 30.3 Å². The van der Waals surface area contributed by atoms with Crippen LogP contribution in [0.4, 0.5) is 5.69 Å². The van der Waals surface area contributed by atoms with Gasteiger partial charge in [0, 0.05) is 18.4 Å². The summed E-state index contributed by atoms with van der Waals surface area (Å²) < 4.78 is 2.23. The average molecular weight is 262 g/mol. The van der Waals surface area contributed by atoms with Crippen molar-refractivity contribution >= 4 is 22.5 Å². The third-order valence-electron chi connectivity index (χ3n) is 3.86. The van der Waals surface area contributed by atoms with Crippen LogP contribution in [0, 0.1) is 0 Å². The van der Waals surface area contributed by atoms with E-state index in [4.69, 9.17) is 0 Å². The van der Waals surface area contributed by atoms with Crippen molar-refractivity contribution in [3.05, 3.63) is 65.9 Å². The number of amides is 1. The van der Waals surface area contributed by atoms with Gasteiger partial charge < -0.3 is 9.88 Å². The Hall–Kier alpha value is -2.55. The molecule has 3 nitrogen and oxygen atoms in total. The number of nitrogens with one attached hydrogen (secondary N) is 1. The molecule has 2 aromatic carbocycles. The van der Waals surface area contributed by atoms with Gasteiger partial charge in [0.15, 0.2) is 0 Å². The number of anilines is 1. The Morgan fingerprint density at radius 2 is 1.80 bits per heavy atom. The molecule has 1 aliphatic heterocycles. The zero-order valence-corrected chi connectivity index (χ0v) is 11.0. The molecule has 0 bridgehead atoms. The van der Waals surface area contributed by atoms with Crippen molar-refractivity contribution in [2.24, 2.45) is 0 Å². The second-order valence-corrected chi connectivity index (χ2v) is 5.18. The van der Waals surface area contributed by atoms with E-state index in [2.05, 4.69) is 34.3 Å². The molecule has 0 spiro atoms. The standard InChI is InChI=1S/C17H14N2O/c20-16-10-13-6-3-5-12-8-9-19(17(12)13)11-14-4-1-2-7-15(14)18-16/h1-9H,10-11H2,(H,18,20). The molecule has 2 heterocycles.